The number of rotatable bonds is 5. The zero-order valence-electron chi connectivity index (χ0n) is 14.0. The third-order valence-corrected chi connectivity index (χ3v) is 4.76. The van der Waals surface area contributed by atoms with Gasteiger partial charge in [0.1, 0.15) is 5.56 Å². The van der Waals surface area contributed by atoms with Crippen LogP contribution in [0.4, 0.5) is 0 Å². The Balaban J connectivity index is 1.71. The number of aryl methyl sites for hydroxylation is 1. The fraction of sp³-hybridized carbons (Fsp3) is 0.111. The van der Waals surface area contributed by atoms with Crippen LogP contribution in [-0.2, 0) is 16.6 Å². The van der Waals surface area contributed by atoms with Gasteiger partial charge >= 0.3 is 0 Å². The summed E-state index contributed by atoms with van der Waals surface area (Å²) in [6.07, 6.45) is 1.37. The number of nitrogens with zero attached hydrogens (tertiary/aromatic N) is 1. The molecule has 1 heterocycles. The molecule has 0 spiro atoms. The van der Waals surface area contributed by atoms with Crippen LogP contribution < -0.4 is 10.5 Å². The molecule has 0 aliphatic rings. The normalized spacial score (nSPS) is 11.3. The van der Waals surface area contributed by atoms with E-state index in [1.165, 1.54) is 18.3 Å². The summed E-state index contributed by atoms with van der Waals surface area (Å²) in [6, 6.07) is 13.5. The summed E-state index contributed by atoms with van der Waals surface area (Å²) >= 11 is 0. The molecule has 3 aromatic rings. The Kier molecular flexibility index (Phi) is 4.88. The number of sulfonamides is 1. The van der Waals surface area contributed by atoms with Gasteiger partial charge in [0.15, 0.2) is 5.76 Å². The topological polar surface area (TPSA) is 115 Å². The van der Waals surface area contributed by atoms with Crippen LogP contribution in [0.15, 0.2) is 64.1 Å². The minimum Gasteiger partial charge on any atom is -0.355 e. The van der Waals surface area contributed by atoms with Crippen molar-refractivity contribution in [1.82, 2.24) is 10.5 Å². The van der Waals surface area contributed by atoms with Gasteiger partial charge in [-0.2, -0.15) is 0 Å². The van der Waals surface area contributed by atoms with Gasteiger partial charge in [0.05, 0.1) is 11.1 Å². The fourth-order valence-electron chi connectivity index (χ4n) is 2.39. The maximum Gasteiger partial charge on any atom is 0.257 e. The van der Waals surface area contributed by atoms with Crippen molar-refractivity contribution in [1.29, 1.82) is 0 Å². The van der Waals surface area contributed by atoms with Gasteiger partial charge in [0.2, 0.25) is 10.0 Å². The number of hydrogen-bond donors (Lipinski definition) is 2. The molecule has 0 aliphatic heterocycles. The molecule has 3 rings (SSSR count). The van der Waals surface area contributed by atoms with Crippen LogP contribution in [0.2, 0.25) is 0 Å². The van der Waals surface area contributed by atoms with Gasteiger partial charge in [-0.3, -0.25) is 4.79 Å². The maximum absolute atomic E-state index is 12.4. The highest BCUT2D eigenvalue weighted by Gasteiger charge is 2.17. The highest BCUT2D eigenvalue weighted by molar-refractivity contribution is 7.89. The quantitative estimate of drug-likeness (QED) is 0.713. The molecule has 0 aliphatic carbocycles. The fourth-order valence-corrected chi connectivity index (χ4v) is 2.90. The number of carbonyl (C=O) groups excluding carboxylic acids is 1. The van der Waals surface area contributed by atoms with Crippen molar-refractivity contribution in [2.45, 2.75) is 18.4 Å². The average Bonchev–Trinajstić information content (AvgIpc) is 3.10. The van der Waals surface area contributed by atoms with Crippen LogP contribution in [0.1, 0.15) is 21.5 Å². The largest absolute Gasteiger partial charge is 0.355 e. The first-order valence-corrected chi connectivity index (χ1v) is 9.31. The van der Waals surface area contributed by atoms with Crippen molar-refractivity contribution in [2.24, 2.45) is 5.14 Å². The molecule has 26 heavy (non-hydrogen) atoms. The zero-order chi connectivity index (χ0) is 18.7. The van der Waals surface area contributed by atoms with E-state index in [9.17, 15) is 13.2 Å². The zero-order valence-corrected chi connectivity index (χ0v) is 14.8. The average molecular weight is 371 g/mol. The van der Waals surface area contributed by atoms with E-state index < -0.39 is 10.0 Å². The van der Waals surface area contributed by atoms with Gasteiger partial charge in [-0.05, 0) is 24.6 Å². The lowest BCUT2D eigenvalue weighted by molar-refractivity contribution is 0.0951. The lowest BCUT2D eigenvalue weighted by Crippen LogP contribution is -2.23. The third kappa shape index (κ3) is 3.98. The van der Waals surface area contributed by atoms with E-state index in [0.717, 1.165) is 16.7 Å². The summed E-state index contributed by atoms with van der Waals surface area (Å²) in [7, 11) is -3.73. The van der Waals surface area contributed by atoms with Crippen LogP contribution in [-0.4, -0.2) is 19.5 Å². The maximum atomic E-state index is 12.4. The Morgan fingerprint density at radius 3 is 2.38 bits per heavy atom. The molecule has 8 heteroatoms. The van der Waals surface area contributed by atoms with Crippen molar-refractivity contribution in [3.8, 4) is 11.3 Å². The predicted octanol–water partition coefficient (Wildman–Crippen LogP) is 2.23. The SMILES string of the molecule is Cc1ccc(-c2oncc2C(=O)NCc2ccc(S(N)(=O)=O)cc2)cc1. The van der Waals surface area contributed by atoms with Gasteiger partial charge in [-0.1, -0.05) is 47.1 Å². The van der Waals surface area contributed by atoms with Gasteiger partial charge < -0.3 is 9.84 Å². The van der Waals surface area contributed by atoms with E-state index in [4.69, 9.17) is 9.66 Å². The summed E-state index contributed by atoms with van der Waals surface area (Å²) < 4.78 is 27.7. The highest BCUT2D eigenvalue weighted by atomic mass is 32.2. The van der Waals surface area contributed by atoms with Crippen LogP contribution in [0, 0.1) is 6.92 Å². The number of nitrogens with two attached hydrogens (primary N) is 1. The minimum atomic E-state index is -3.73. The van der Waals surface area contributed by atoms with Gasteiger partial charge in [-0.15, -0.1) is 0 Å². The molecule has 2 aromatic carbocycles. The van der Waals surface area contributed by atoms with E-state index in [0.29, 0.717) is 11.3 Å². The Hall–Kier alpha value is -2.97. The van der Waals surface area contributed by atoms with Crippen molar-refractivity contribution >= 4 is 15.9 Å². The number of carbonyl (C=O) groups is 1. The standard InChI is InChI=1S/C18H17N3O4S/c1-12-2-6-14(7-3-12)17-16(11-21-25-17)18(22)20-10-13-4-8-15(9-5-13)26(19,23)24/h2-9,11H,10H2,1H3,(H,20,22)(H2,19,23,24). The van der Waals surface area contributed by atoms with Gasteiger partial charge in [-0.25, -0.2) is 13.6 Å². The smallest absolute Gasteiger partial charge is 0.257 e. The predicted molar refractivity (Wildman–Crippen MR) is 95.7 cm³/mol. The number of hydrogen-bond acceptors (Lipinski definition) is 5. The summed E-state index contributed by atoms with van der Waals surface area (Å²) in [5.41, 5.74) is 2.92. The van der Waals surface area contributed by atoms with E-state index in [2.05, 4.69) is 10.5 Å². The molecule has 0 saturated heterocycles. The monoisotopic (exact) mass is 371 g/mol. The van der Waals surface area contributed by atoms with E-state index in [1.54, 1.807) is 12.1 Å². The van der Waals surface area contributed by atoms with Crippen LogP contribution >= 0.6 is 0 Å². The molecule has 0 radical (unpaired) electrons. The number of amides is 1. The number of nitrogens with one attached hydrogen (secondary N) is 1. The lowest BCUT2D eigenvalue weighted by Gasteiger charge is -2.06. The highest BCUT2D eigenvalue weighted by Crippen LogP contribution is 2.24. The molecule has 3 N–H and O–H groups in total. The number of benzene rings is 2. The second-order valence-electron chi connectivity index (χ2n) is 5.81. The second kappa shape index (κ2) is 7.11. The molecule has 0 unspecified atom stereocenters. The minimum absolute atomic E-state index is 0.0215. The Labute approximate surface area is 150 Å². The van der Waals surface area contributed by atoms with Crippen molar-refractivity contribution in [3.63, 3.8) is 0 Å². The Bertz CT molecular complexity index is 1020. The molecule has 7 nitrogen and oxygen atoms in total. The van der Waals surface area contributed by atoms with Crippen molar-refractivity contribution in [2.75, 3.05) is 0 Å². The number of primary sulfonamides is 1. The van der Waals surface area contributed by atoms with Crippen molar-refractivity contribution < 1.29 is 17.7 Å². The van der Waals surface area contributed by atoms with E-state index >= 15 is 0 Å². The van der Waals surface area contributed by atoms with Gasteiger partial charge in [0.25, 0.3) is 5.91 Å². The molecular formula is C18H17N3O4S. The third-order valence-electron chi connectivity index (χ3n) is 3.83. The summed E-state index contributed by atoms with van der Waals surface area (Å²) in [6.45, 7) is 2.20. The summed E-state index contributed by atoms with van der Waals surface area (Å²) in [5, 5.41) is 11.5. The Morgan fingerprint density at radius 2 is 1.77 bits per heavy atom. The first-order chi connectivity index (χ1) is 12.3. The first-order valence-electron chi connectivity index (χ1n) is 7.76. The van der Waals surface area contributed by atoms with E-state index in [1.807, 2.05) is 31.2 Å². The van der Waals surface area contributed by atoms with Gasteiger partial charge in [0, 0.05) is 12.1 Å². The van der Waals surface area contributed by atoms with Crippen LogP contribution in [0.5, 0.6) is 0 Å². The first kappa shape index (κ1) is 17.8. The molecule has 0 saturated carbocycles. The lowest BCUT2D eigenvalue weighted by atomic mass is 10.1. The number of aromatic nitrogens is 1. The molecule has 0 fully saturated rings. The van der Waals surface area contributed by atoms with Crippen LogP contribution in [0.25, 0.3) is 11.3 Å². The molecule has 1 aromatic heterocycles. The van der Waals surface area contributed by atoms with E-state index in [-0.39, 0.29) is 17.3 Å². The second-order valence-corrected chi connectivity index (χ2v) is 7.37. The molecule has 0 atom stereocenters. The van der Waals surface area contributed by atoms with Crippen molar-refractivity contribution in [3.05, 3.63) is 71.4 Å². The summed E-state index contributed by atoms with van der Waals surface area (Å²) in [4.78, 5) is 12.5. The molecule has 0 bridgehead atoms. The molecule has 1 amide bonds. The molecule has 134 valence electrons. The van der Waals surface area contributed by atoms with Crippen LogP contribution in [0.3, 0.4) is 0 Å². The Morgan fingerprint density at radius 1 is 1.12 bits per heavy atom. The summed E-state index contributed by atoms with van der Waals surface area (Å²) in [5.74, 6) is 0.0596. The molecular weight excluding hydrogens is 354 g/mol.